The molecule has 106 valence electrons. The van der Waals surface area contributed by atoms with Gasteiger partial charge in [-0.05, 0) is 19.3 Å². The Labute approximate surface area is 126 Å². The number of aryl methyl sites for hydroxylation is 1. The van der Waals surface area contributed by atoms with Gasteiger partial charge in [0.2, 0.25) is 0 Å². The number of thiazole rings is 1. The fraction of sp³-hybridized carbons (Fsp3) is 0.462. The van der Waals surface area contributed by atoms with Crippen molar-refractivity contribution in [1.82, 2.24) is 15.0 Å². The van der Waals surface area contributed by atoms with Crippen LogP contribution in [0.4, 0.5) is 11.5 Å². The molecule has 2 aromatic rings. The van der Waals surface area contributed by atoms with E-state index in [1.165, 1.54) is 0 Å². The predicted molar refractivity (Wildman–Crippen MR) is 82.2 cm³/mol. The minimum atomic E-state index is 0.330. The van der Waals surface area contributed by atoms with Crippen LogP contribution in [0.5, 0.6) is 0 Å². The van der Waals surface area contributed by atoms with Crippen molar-refractivity contribution in [3.05, 3.63) is 27.1 Å². The van der Waals surface area contributed by atoms with Crippen LogP contribution in [0, 0.1) is 0 Å². The SMILES string of the molecule is CCc1nc(CNc2nc(C3CC3)nc(Cl)c2N)cs1. The van der Waals surface area contributed by atoms with Gasteiger partial charge >= 0.3 is 0 Å². The maximum absolute atomic E-state index is 6.07. The second-order valence-corrected chi connectivity index (χ2v) is 6.15. The number of nitrogens with one attached hydrogen (secondary N) is 1. The van der Waals surface area contributed by atoms with Crippen molar-refractivity contribution in [3.63, 3.8) is 0 Å². The minimum absolute atomic E-state index is 0.330. The van der Waals surface area contributed by atoms with Crippen LogP contribution >= 0.6 is 22.9 Å². The van der Waals surface area contributed by atoms with Crippen molar-refractivity contribution < 1.29 is 0 Å². The number of hydrogen-bond donors (Lipinski definition) is 2. The molecule has 3 N–H and O–H groups in total. The summed E-state index contributed by atoms with van der Waals surface area (Å²) in [4.78, 5) is 13.2. The molecule has 7 heteroatoms. The molecule has 1 saturated carbocycles. The van der Waals surface area contributed by atoms with Gasteiger partial charge in [-0.25, -0.2) is 15.0 Å². The van der Waals surface area contributed by atoms with Crippen molar-refractivity contribution in [3.8, 4) is 0 Å². The monoisotopic (exact) mass is 309 g/mol. The van der Waals surface area contributed by atoms with E-state index in [4.69, 9.17) is 17.3 Å². The van der Waals surface area contributed by atoms with Crippen molar-refractivity contribution >= 4 is 34.4 Å². The average Bonchev–Trinajstić information content (AvgIpc) is 3.19. The van der Waals surface area contributed by atoms with Crippen LogP contribution in [0.2, 0.25) is 5.15 Å². The minimum Gasteiger partial charge on any atom is -0.393 e. The van der Waals surface area contributed by atoms with Gasteiger partial charge in [0.25, 0.3) is 0 Å². The lowest BCUT2D eigenvalue weighted by atomic mass is 10.3. The second-order valence-electron chi connectivity index (χ2n) is 4.85. The molecule has 5 nitrogen and oxygen atoms in total. The first-order valence-corrected chi connectivity index (χ1v) is 7.93. The smallest absolute Gasteiger partial charge is 0.157 e. The Morgan fingerprint density at radius 3 is 2.85 bits per heavy atom. The summed E-state index contributed by atoms with van der Waals surface area (Å²) in [5.74, 6) is 1.84. The normalized spacial score (nSPS) is 14.5. The first-order valence-electron chi connectivity index (χ1n) is 6.67. The number of rotatable bonds is 5. The third-order valence-corrected chi connectivity index (χ3v) is 4.53. The maximum atomic E-state index is 6.07. The number of nitrogens with two attached hydrogens (primary N) is 1. The van der Waals surface area contributed by atoms with Gasteiger partial charge in [0.05, 0.1) is 17.2 Å². The highest BCUT2D eigenvalue weighted by atomic mass is 35.5. The van der Waals surface area contributed by atoms with E-state index in [1.54, 1.807) is 11.3 Å². The zero-order chi connectivity index (χ0) is 14.1. The molecule has 0 amide bonds. The van der Waals surface area contributed by atoms with Crippen molar-refractivity contribution in [2.45, 2.75) is 38.6 Å². The fourth-order valence-corrected chi connectivity index (χ4v) is 2.80. The van der Waals surface area contributed by atoms with Crippen LogP contribution in [-0.4, -0.2) is 15.0 Å². The van der Waals surface area contributed by atoms with Crippen LogP contribution in [0.3, 0.4) is 0 Å². The molecule has 3 rings (SSSR count). The van der Waals surface area contributed by atoms with E-state index in [1.807, 2.05) is 5.38 Å². The molecule has 0 aromatic carbocycles. The lowest BCUT2D eigenvalue weighted by Crippen LogP contribution is -2.08. The zero-order valence-electron chi connectivity index (χ0n) is 11.2. The van der Waals surface area contributed by atoms with Crippen LogP contribution in [0.1, 0.15) is 42.2 Å². The van der Waals surface area contributed by atoms with Crippen LogP contribution < -0.4 is 11.1 Å². The molecule has 0 spiro atoms. The van der Waals surface area contributed by atoms with Gasteiger partial charge in [-0.15, -0.1) is 11.3 Å². The number of nitrogen functional groups attached to an aromatic ring is 1. The van der Waals surface area contributed by atoms with Crippen LogP contribution in [-0.2, 0) is 13.0 Å². The topological polar surface area (TPSA) is 76.7 Å². The quantitative estimate of drug-likeness (QED) is 0.829. The molecule has 0 bridgehead atoms. The molecule has 0 radical (unpaired) electrons. The van der Waals surface area contributed by atoms with E-state index in [-0.39, 0.29) is 0 Å². The molecule has 2 aromatic heterocycles. The number of halogens is 1. The largest absolute Gasteiger partial charge is 0.393 e. The molecule has 20 heavy (non-hydrogen) atoms. The zero-order valence-corrected chi connectivity index (χ0v) is 12.8. The number of nitrogens with zero attached hydrogens (tertiary/aromatic N) is 3. The molecule has 0 unspecified atom stereocenters. The maximum Gasteiger partial charge on any atom is 0.157 e. The molecule has 1 fully saturated rings. The van der Waals surface area contributed by atoms with Crippen LogP contribution in [0.25, 0.3) is 0 Å². The fourth-order valence-electron chi connectivity index (χ4n) is 1.88. The summed E-state index contributed by atoms with van der Waals surface area (Å²) in [6.45, 7) is 2.69. The summed E-state index contributed by atoms with van der Waals surface area (Å²) in [7, 11) is 0. The summed E-state index contributed by atoms with van der Waals surface area (Å²) in [6.07, 6.45) is 3.22. The highest BCUT2D eigenvalue weighted by Gasteiger charge is 2.28. The Balaban J connectivity index is 1.75. The van der Waals surface area contributed by atoms with Gasteiger partial charge in [-0.3, -0.25) is 0 Å². The van der Waals surface area contributed by atoms with Gasteiger partial charge in [0.1, 0.15) is 11.5 Å². The Bertz CT molecular complexity index is 623. The van der Waals surface area contributed by atoms with E-state index in [0.29, 0.717) is 29.1 Å². The van der Waals surface area contributed by atoms with Crippen molar-refractivity contribution in [2.24, 2.45) is 0 Å². The summed E-state index contributed by atoms with van der Waals surface area (Å²) in [5.41, 5.74) is 7.33. The molecule has 0 atom stereocenters. The first-order chi connectivity index (χ1) is 9.67. The molecule has 2 heterocycles. The summed E-state index contributed by atoms with van der Waals surface area (Å²) >= 11 is 7.74. The van der Waals surface area contributed by atoms with Gasteiger partial charge < -0.3 is 11.1 Å². The van der Waals surface area contributed by atoms with Crippen molar-refractivity contribution in [1.29, 1.82) is 0 Å². The molecular formula is C13H16ClN5S. The predicted octanol–water partition coefficient (Wildman–Crippen LogP) is 3.22. The Morgan fingerprint density at radius 2 is 2.20 bits per heavy atom. The third kappa shape index (κ3) is 2.86. The van der Waals surface area contributed by atoms with Gasteiger partial charge in [0, 0.05) is 11.3 Å². The van der Waals surface area contributed by atoms with E-state index in [0.717, 1.165) is 35.8 Å². The van der Waals surface area contributed by atoms with Crippen molar-refractivity contribution in [2.75, 3.05) is 11.1 Å². The van der Waals surface area contributed by atoms with E-state index in [9.17, 15) is 0 Å². The molecule has 1 aliphatic rings. The number of aromatic nitrogens is 3. The number of hydrogen-bond acceptors (Lipinski definition) is 6. The van der Waals surface area contributed by atoms with E-state index >= 15 is 0 Å². The summed E-state index contributed by atoms with van der Waals surface area (Å²) in [6, 6.07) is 0. The Morgan fingerprint density at radius 1 is 1.40 bits per heavy atom. The third-order valence-electron chi connectivity index (χ3n) is 3.20. The van der Waals surface area contributed by atoms with E-state index in [2.05, 4.69) is 27.2 Å². The molecule has 0 aliphatic heterocycles. The molecular weight excluding hydrogens is 294 g/mol. The Hall–Kier alpha value is -1.40. The van der Waals surface area contributed by atoms with Gasteiger partial charge in [-0.2, -0.15) is 0 Å². The lowest BCUT2D eigenvalue weighted by Gasteiger charge is -2.10. The standard InChI is InChI=1S/C13H16ClN5S/c1-2-9-17-8(6-20-9)5-16-13-10(15)11(14)18-12(19-13)7-3-4-7/h6-7H,2-5,15H2,1H3,(H,16,18,19). The first kappa shape index (κ1) is 13.6. The molecule has 0 saturated heterocycles. The van der Waals surface area contributed by atoms with Gasteiger partial charge in [0.15, 0.2) is 11.0 Å². The number of anilines is 2. The Kier molecular flexibility index (Phi) is 3.76. The average molecular weight is 310 g/mol. The second kappa shape index (κ2) is 5.54. The van der Waals surface area contributed by atoms with Gasteiger partial charge in [-0.1, -0.05) is 18.5 Å². The van der Waals surface area contributed by atoms with E-state index < -0.39 is 0 Å². The highest BCUT2D eigenvalue weighted by Crippen LogP contribution is 2.40. The summed E-state index contributed by atoms with van der Waals surface area (Å²) < 4.78 is 0. The summed E-state index contributed by atoms with van der Waals surface area (Å²) in [5, 5.41) is 6.73. The highest BCUT2D eigenvalue weighted by molar-refractivity contribution is 7.09. The molecule has 1 aliphatic carbocycles. The lowest BCUT2D eigenvalue weighted by molar-refractivity contribution is 0.919. The van der Waals surface area contributed by atoms with Crippen LogP contribution in [0.15, 0.2) is 5.38 Å².